The van der Waals surface area contributed by atoms with Crippen LogP contribution in [0.3, 0.4) is 0 Å². The van der Waals surface area contributed by atoms with Crippen molar-refractivity contribution in [3.63, 3.8) is 0 Å². The van der Waals surface area contributed by atoms with Crippen molar-refractivity contribution < 1.29 is 17.3 Å². The molecule has 0 aliphatic rings. The summed E-state index contributed by atoms with van der Waals surface area (Å²) < 4.78 is 32.0. The van der Waals surface area contributed by atoms with E-state index in [2.05, 4.69) is 9.97 Å². The van der Waals surface area contributed by atoms with Crippen molar-refractivity contribution in [3.05, 3.63) is 28.8 Å². The third-order valence-electron chi connectivity index (χ3n) is 2.17. The number of hydrogen-bond donors (Lipinski definition) is 1. The number of hydrogen-bond acceptors (Lipinski definition) is 6. The van der Waals surface area contributed by atoms with E-state index in [1.165, 1.54) is 25.6 Å². The molecule has 8 heteroatoms. The topological polar surface area (TPSA) is 98.3 Å². The molecule has 0 radical (unpaired) electrons. The molecule has 7 nitrogen and oxygen atoms in total. The first-order chi connectivity index (χ1) is 8.40. The van der Waals surface area contributed by atoms with E-state index in [0.29, 0.717) is 5.52 Å². The summed E-state index contributed by atoms with van der Waals surface area (Å²) in [6.07, 6.45) is 2.16. The Bertz CT molecular complexity index is 750. The Morgan fingerprint density at radius 2 is 2.00 bits per heavy atom. The molecule has 1 heterocycles. The fraction of sp³-hybridized carbons (Fsp3) is 0.200. The van der Waals surface area contributed by atoms with Crippen LogP contribution in [-0.2, 0) is 10.1 Å². The van der Waals surface area contributed by atoms with Crippen LogP contribution in [0.1, 0.15) is 0 Å². The van der Waals surface area contributed by atoms with Gasteiger partial charge in [0.15, 0.2) is 11.5 Å². The van der Waals surface area contributed by atoms with Crippen molar-refractivity contribution in [1.82, 2.24) is 9.97 Å². The highest BCUT2D eigenvalue weighted by atomic mass is 32.2. The molecule has 0 amide bonds. The van der Waals surface area contributed by atoms with Gasteiger partial charge in [0.25, 0.3) is 5.56 Å². The van der Waals surface area contributed by atoms with Gasteiger partial charge < -0.3 is 13.9 Å². The lowest BCUT2D eigenvalue weighted by Crippen LogP contribution is -2.10. The fourth-order valence-corrected chi connectivity index (χ4v) is 1.92. The van der Waals surface area contributed by atoms with Gasteiger partial charge in [0.1, 0.15) is 0 Å². The molecule has 1 aromatic carbocycles. The van der Waals surface area contributed by atoms with E-state index >= 15 is 0 Å². The number of fused-ring (bicyclic) bond motifs is 1. The molecule has 0 fully saturated rings. The quantitative estimate of drug-likeness (QED) is 0.804. The lowest BCUT2D eigenvalue weighted by molar-refractivity contribution is 0.392. The summed E-state index contributed by atoms with van der Waals surface area (Å²) in [6, 6.07) is 2.71. The normalized spacial score (nSPS) is 11.4. The van der Waals surface area contributed by atoms with E-state index < -0.39 is 10.1 Å². The average Bonchev–Trinajstić information content (AvgIpc) is 2.27. The Kier molecular flexibility index (Phi) is 2.95. The molecule has 1 aromatic heterocycles. The number of nitrogens with zero attached hydrogens (tertiary/aromatic N) is 1. The van der Waals surface area contributed by atoms with E-state index in [1.54, 1.807) is 0 Å². The summed E-state index contributed by atoms with van der Waals surface area (Å²) in [5.41, 5.74) is -0.00236. The Morgan fingerprint density at radius 3 is 2.61 bits per heavy atom. The molecule has 0 spiro atoms. The summed E-state index contributed by atoms with van der Waals surface area (Å²) in [4.78, 5) is 17.9. The molecule has 0 bridgehead atoms. The second-order valence-corrected chi connectivity index (χ2v) is 5.11. The lowest BCUT2D eigenvalue weighted by Gasteiger charge is -2.09. The van der Waals surface area contributed by atoms with Crippen LogP contribution in [0.15, 0.2) is 23.3 Å². The summed E-state index contributed by atoms with van der Waals surface area (Å²) in [5.74, 6) is 0.136. The molecular weight excluding hydrogens is 260 g/mol. The van der Waals surface area contributed by atoms with E-state index in [4.69, 9.17) is 8.92 Å². The molecular formula is C10H10N2O5S. The molecule has 0 atom stereocenters. The van der Waals surface area contributed by atoms with Crippen molar-refractivity contribution in [1.29, 1.82) is 0 Å². The molecule has 18 heavy (non-hydrogen) atoms. The summed E-state index contributed by atoms with van der Waals surface area (Å²) >= 11 is 0. The summed E-state index contributed by atoms with van der Waals surface area (Å²) in [7, 11) is -2.34. The van der Waals surface area contributed by atoms with Gasteiger partial charge in [0.05, 0.1) is 30.6 Å². The number of methoxy groups -OCH3 is 1. The van der Waals surface area contributed by atoms with Crippen molar-refractivity contribution in [2.75, 3.05) is 13.4 Å². The molecule has 0 saturated carbocycles. The highest BCUT2D eigenvalue weighted by Crippen LogP contribution is 2.30. The van der Waals surface area contributed by atoms with Crippen molar-refractivity contribution in [3.8, 4) is 11.5 Å². The first-order valence-corrected chi connectivity index (χ1v) is 6.67. The SMILES string of the molecule is COc1cc2nc[nH]c(=O)c2cc1OS(C)(=O)=O. The van der Waals surface area contributed by atoms with Crippen LogP contribution in [-0.4, -0.2) is 31.8 Å². The van der Waals surface area contributed by atoms with E-state index in [-0.39, 0.29) is 22.4 Å². The van der Waals surface area contributed by atoms with Crippen LogP contribution < -0.4 is 14.5 Å². The molecule has 0 aliphatic heterocycles. The molecule has 2 aromatic rings. The van der Waals surface area contributed by atoms with Gasteiger partial charge in [-0.15, -0.1) is 0 Å². The predicted octanol–water partition coefficient (Wildman–Crippen LogP) is 0.270. The zero-order valence-corrected chi connectivity index (χ0v) is 10.4. The number of nitrogens with one attached hydrogen (secondary N) is 1. The highest BCUT2D eigenvalue weighted by Gasteiger charge is 2.14. The van der Waals surface area contributed by atoms with E-state index in [0.717, 1.165) is 6.26 Å². The predicted molar refractivity (Wildman–Crippen MR) is 64.4 cm³/mol. The van der Waals surface area contributed by atoms with Gasteiger partial charge in [0, 0.05) is 12.1 Å². The monoisotopic (exact) mass is 270 g/mol. The maximum absolute atomic E-state index is 11.6. The van der Waals surface area contributed by atoms with Crippen molar-refractivity contribution in [2.24, 2.45) is 0 Å². The summed E-state index contributed by atoms with van der Waals surface area (Å²) in [5, 5.41) is 0.219. The van der Waals surface area contributed by atoms with Crippen LogP contribution in [0.2, 0.25) is 0 Å². The number of aromatic amines is 1. The zero-order chi connectivity index (χ0) is 13.3. The third kappa shape index (κ3) is 2.43. The first kappa shape index (κ1) is 12.4. The minimum Gasteiger partial charge on any atom is -0.493 e. The standard InChI is InChI=1S/C10H10N2O5S/c1-16-8-4-7-6(10(13)12-5-11-7)3-9(8)17-18(2,14)15/h3-5H,1-2H3,(H,11,12,13). The van der Waals surface area contributed by atoms with Crippen molar-refractivity contribution >= 4 is 21.0 Å². The van der Waals surface area contributed by atoms with E-state index in [1.807, 2.05) is 0 Å². The van der Waals surface area contributed by atoms with Gasteiger partial charge in [-0.1, -0.05) is 0 Å². The number of benzene rings is 1. The lowest BCUT2D eigenvalue weighted by atomic mass is 10.2. The molecule has 96 valence electrons. The van der Waals surface area contributed by atoms with Gasteiger partial charge >= 0.3 is 10.1 Å². The van der Waals surface area contributed by atoms with Crippen LogP contribution in [0.25, 0.3) is 10.9 Å². The third-order valence-corrected chi connectivity index (χ3v) is 2.65. The van der Waals surface area contributed by atoms with Gasteiger partial charge in [-0.3, -0.25) is 4.79 Å². The Labute approximate surface area is 103 Å². The maximum atomic E-state index is 11.6. The smallest absolute Gasteiger partial charge is 0.306 e. The van der Waals surface area contributed by atoms with Gasteiger partial charge in [-0.25, -0.2) is 4.98 Å². The van der Waals surface area contributed by atoms with Crippen LogP contribution in [0, 0.1) is 0 Å². The minimum absolute atomic E-state index is 0.0500. The Hall–Kier alpha value is -2.09. The summed E-state index contributed by atoms with van der Waals surface area (Å²) in [6.45, 7) is 0. The van der Waals surface area contributed by atoms with Gasteiger partial charge in [-0.2, -0.15) is 8.42 Å². The highest BCUT2D eigenvalue weighted by molar-refractivity contribution is 7.86. The van der Waals surface area contributed by atoms with Crippen LogP contribution >= 0.6 is 0 Å². The Balaban J connectivity index is 2.72. The van der Waals surface area contributed by atoms with Gasteiger partial charge in [-0.05, 0) is 0 Å². The average molecular weight is 270 g/mol. The number of H-pyrrole nitrogens is 1. The van der Waals surface area contributed by atoms with E-state index in [9.17, 15) is 13.2 Å². The zero-order valence-electron chi connectivity index (χ0n) is 9.63. The Morgan fingerprint density at radius 1 is 1.28 bits per heavy atom. The molecule has 0 aliphatic carbocycles. The second-order valence-electron chi connectivity index (χ2n) is 3.54. The van der Waals surface area contributed by atoms with Crippen LogP contribution in [0.5, 0.6) is 11.5 Å². The number of rotatable bonds is 3. The molecule has 0 unspecified atom stereocenters. The molecule has 1 N–H and O–H groups in total. The van der Waals surface area contributed by atoms with Gasteiger partial charge in [0.2, 0.25) is 0 Å². The largest absolute Gasteiger partial charge is 0.493 e. The maximum Gasteiger partial charge on any atom is 0.306 e. The van der Waals surface area contributed by atoms with Crippen molar-refractivity contribution in [2.45, 2.75) is 0 Å². The number of aromatic nitrogens is 2. The van der Waals surface area contributed by atoms with Crippen LogP contribution in [0.4, 0.5) is 0 Å². The molecule has 0 saturated heterocycles. The molecule has 2 rings (SSSR count). The number of ether oxygens (including phenoxy) is 1. The first-order valence-electron chi connectivity index (χ1n) is 4.85. The second kappa shape index (κ2) is 4.30. The fourth-order valence-electron chi connectivity index (χ4n) is 1.46. The minimum atomic E-state index is -3.70.